The molecule has 1 aromatic carbocycles. The minimum absolute atomic E-state index is 0.318. The van der Waals surface area contributed by atoms with E-state index < -0.39 is 0 Å². The number of imidazole rings is 1. The summed E-state index contributed by atoms with van der Waals surface area (Å²) >= 11 is 0. The Labute approximate surface area is 89.7 Å². The van der Waals surface area contributed by atoms with Crippen molar-refractivity contribution in [2.75, 3.05) is 0 Å². The van der Waals surface area contributed by atoms with Crippen LogP contribution in [0.5, 0.6) is 0 Å². The average Bonchev–Trinajstić information content (AvgIpc) is 2.68. The van der Waals surface area contributed by atoms with Crippen LogP contribution >= 0.6 is 0 Å². The zero-order valence-electron chi connectivity index (χ0n) is 8.83. The number of hydrogen-bond donors (Lipinski definition) is 1. The van der Waals surface area contributed by atoms with Crippen molar-refractivity contribution >= 4 is 11.0 Å². The van der Waals surface area contributed by atoms with Crippen LogP contribution in [0.4, 0.5) is 0 Å². The molecule has 1 atom stereocenters. The topological polar surface area (TPSA) is 28.7 Å². The van der Waals surface area contributed by atoms with Gasteiger partial charge in [0.05, 0.1) is 11.0 Å². The first-order valence-electron chi connectivity index (χ1n) is 5.19. The summed E-state index contributed by atoms with van der Waals surface area (Å²) in [5.74, 6) is 4.07. The van der Waals surface area contributed by atoms with Crippen LogP contribution in [0, 0.1) is 18.3 Å². The molecule has 0 saturated heterocycles. The fraction of sp³-hybridized carbons (Fsp3) is 0.308. The predicted molar refractivity (Wildman–Crippen MR) is 62.4 cm³/mol. The number of rotatable bonds is 3. The summed E-state index contributed by atoms with van der Waals surface area (Å²) in [6, 6.07) is 8.06. The van der Waals surface area contributed by atoms with E-state index in [2.05, 4.69) is 22.8 Å². The van der Waals surface area contributed by atoms with Crippen LogP contribution in [-0.4, -0.2) is 9.97 Å². The molecule has 15 heavy (non-hydrogen) atoms. The molecule has 0 fully saturated rings. The Morgan fingerprint density at radius 1 is 1.47 bits per heavy atom. The predicted octanol–water partition coefficient (Wildman–Crippen LogP) is 2.76. The number of aryl methyl sites for hydroxylation is 1. The van der Waals surface area contributed by atoms with Gasteiger partial charge in [-0.25, -0.2) is 4.98 Å². The van der Waals surface area contributed by atoms with Gasteiger partial charge in [0.25, 0.3) is 0 Å². The Bertz CT molecular complexity index is 457. The molecule has 1 unspecified atom stereocenters. The van der Waals surface area contributed by atoms with E-state index in [0.717, 1.165) is 29.7 Å². The second-order valence-electron chi connectivity index (χ2n) is 3.81. The van der Waals surface area contributed by atoms with Crippen molar-refractivity contribution in [3.8, 4) is 12.3 Å². The van der Waals surface area contributed by atoms with Gasteiger partial charge in [0.1, 0.15) is 5.82 Å². The number of para-hydroxylation sites is 2. The van der Waals surface area contributed by atoms with Gasteiger partial charge in [-0.05, 0) is 18.6 Å². The van der Waals surface area contributed by atoms with Crippen molar-refractivity contribution in [2.45, 2.75) is 19.8 Å². The maximum Gasteiger partial charge on any atom is 0.107 e. The Kier molecular flexibility index (Phi) is 2.73. The van der Waals surface area contributed by atoms with E-state index in [4.69, 9.17) is 6.42 Å². The number of aromatic amines is 1. The molecule has 2 aromatic rings. The monoisotopic (exact) mass is 198 g/mol. The summed E-state index contributed by atoms with van der Waals surface area (Å²) < 4.78 is 0. The molecule has 0 spiro atoms. The van der Waals surface area contributed by atoms with Crippen LogP contribution in [0.15, 0.2) is 24.3 Å². The third kappa shape index (κ3) is 2.19. The van der Waals surface area contributed by atoms with E-state index >= 15 is 0 Å². The van der Waals surface area contributed by atoms with Gasteiger partial charge in [0, 0.05) is 12.3 Å². The second kappa shape index (κ2) is 4.18. The van der Waals surface area contributed by atoms with Crippen LogP contribution in [-0.2, 0) is 6.42 Å². The fourth-order valence-electron chi connectivity index (χ4n) is 1.56. The molecule has 1 heterocycles. The van der Waals surface area contributed by atoms with Gasteiger partial charge in [-0.1, -0.05) is 19.1 Å². The maximum atomic E-state index is 5.33. The Morgan fingerprint density at radius 2 is 2.27 bits per heavy atom. The molecule has 76 valence electrons. The summed E-state index contributed by atoms with van der Waals surface area (Å²) in [6.07, 6.45) is 7.23. The van der Waals surface area contributed by atoms with Gasteiger partial charge in [-0.3, -0.25) is 0 Å². The number of H-pyrrole nitrogens is 1. The lowest BCUT2D eigenvalue weighted by Crippen LogP contribution is -1.95. The summed E-state index contributed by atoms with van der Waals surface area (Å²) in [5, 5.41) is 0. The number of nitrogens with one attached hydrogen (secondary N) is 1. The lowest BCUT2D eigenvalue weighted by molar-refractivity contribution is 0.654. The van der Waals surface area contributed by atoms with Gasteiger partial charge in [-0.15, -0.1) is 12.3 Å². The van der Waals surface area contributed by atoms with Gasteiger partial charge in [-0.2, -0.15) is 0 Å². The van der Waals surface area contributed by atoms with Crippen molar-refractivity contribution in [3.63, 3.8) is 0 Å². The highest BCUT2D eigenvalue weighted by molar-refractivity contribution is 5.74. The van der Waals surface area contributed by atoms with Crippen LogP contribution in [0.2, 0.25) is 0 Å². The number of terminal acetylenes is 1. The standard InChI is InChI=1S/C13H14N2/c1-3-10(2)8-9-13-14-11-6-4-5-7-12(11)15-13/h1,4-7,10H,8-9H2,2H3,(H,14,15). The van der Waals surface area contributed by atoms with Crippen molar-refractivity contribution in [1.82, 2.24) is 9.97 Å². The molecule has 0 aliphatic rings. The van der Waals surface area contributed by atoms with Crippen LogP contribution in [0.25, 0.3) is 11.0 Å². The first-order chi connectivity index (χ1) is 7.29. The van der Waals surface area contributed by atoms with Crippen LogP contribution < -0.4 is 0 Å². The summed E-state index contributed by atoms with van der Waals surface area (Å²) in [5.41, 5.74) is 2.13. The largest absolute Gasteiger partial charge is 0.342 e. The molecule has 0 bridgehead atoms. The lowest BCUT2D eigenvalue weighted by atomic mass is 10.1. The molecule has 2 heteroatoms. The smallest absolute Gasteiger partial charge is 0.107 e. The van der Waals surface area contributed by atoms with E-state index in [-0.39, 0.29) is 0 Å². The molecular formula is C13H14N2. The molecule has 0 aliphatic heterocycles. The van der Waals surface area contributed by atoms with Gasteiger partial charge >= 0.3 is 0 Å². The van der Waals surface area contributed by atoms with E-state index in [0.29, 0.717) is 5.92 Å². The van der Waals surface area contributed by atoms with Crippen molar-refractivity contribution in [1.29, 1.82) is 0 Å². The average molecular weight is 198 g/mol. The molecule has 0 saturated carbocycles. The highest BCUT2D eigenvalue weighted by Gasteiger charge is 2.03. The van der Waals surface area contributed by atoms with Crippen LogP contribution in [0.3, 0.4) is 0 Å². The third-order valence-electron chi connectivity index (χ3n) is 2.54. The number of hydrogen-bond acceptors (Lipinski definition) is 1. The summed E-state index contributed by atoms with van der Waals surface area (Å²) in [6.45, 7) is 2.06. The first-order valence-corrected chi connectivity index (χ1v) is 5.19. The maximum absolute atomic E-state index is 5.33. The normalized spacial score (nSPS) is 12.5. The van der Waals surface area contributed by atoms with E-state index in [1.54, 1.807) is 0 Å². The third-order valence-corrected chi connectivity index (χ3v) is 2.54. The van der Waals surface area contributed by atoms with Crippen molar-refractivity contribution in [2.24, 2.45) is 5.92 Å². The summed E-state index contributed by atoms with van der Waals surface area (Å²) in [4.78, 5) is 7.79. The molecular weight excluding hydrogens is 184 g/mol. The van der Waals surface area contributed by atoms with Gasteiger partial charge in [0.15, 0.2) is 0 Å². The molecule has 1 aromatic heterocycles. The highest BCUT2D eigenvalue weighted by atomic mass is 14.9. The lowest BCUT2D eigenvalue weighted by Gasteiger charge is -1.99. The van der Waals surface area contributed by atoms with E-state index in [9.17, 15) is 0 Å². The Morgan fingerprint density at radius 3 is 3.00 bits per heavy atom. The number of aromatic nitrogens is 2. The minimum Gasteiger partial charge on any atom is -0.342 e. The molecule has 2 nitrogen and oxygen atoms in total. The first kappa shape index (κ1) is 9.79. The quantitative estimate of drug-likeness (QED) is 0.755. The highest BCUT2D eigenvalue weighted by Crippen LogP contribution is 2.12. The van der Waals surface area contributed by atoms with E-state index in [1.807, 2.05) is 24.3 Å². The van der Waals surface area contributed by atoms with Gasteiger partial charge < -0.3 is 4.98 Å². The van der Waals surface area contributed by atoms with Crippen molar-refractivity contribution < 1.29 is 0 Å². The van der Waals surface area contributed by atoms with Gasteiger partial charge in [0.2, 0.25) is 0 Å². The van der Waals surface area contributed by atoms with Crippen molar-refractivity contribution in [3.05, 3.63) is 30.1 Å². The molecule has 0 aliphatic carbocycles. The molecule has 2 rings (SSSR count). The number of nitrogens with zero attached hydrogens (tertiary/aromatic N) is 1. The van der Waals surface area contributed by atoms with E-state index in [1.165, 1.54) is 0 Å². The number of benzene rings is 1. The fourth-order valence-corrected chi connectivity index (χ4v) is 1.56. The SMILES string of the molecule is C#CC(C)CCc1nc2ccccc2[nH]1. The minimum atomic E-state index is 0.318. The zero-order chi connectivity index (χ0) is 10.7. The second-order valence-corrected chi connectivity index (χ2v) is 3.81. The number of fused-ring (bicyclic) bond motifs is 1. The Balaban J connectivity index is 2.13. The zero-order valence-corrected chi connectivity index (χ0v) is 8.83. The molecule has 0 radical (unpaired) electrons. The molecule has 1 N–H and O–H groups in total. The summed E-state index contributed by atoms with van der Waals surface area (Å²) in [7, 11) is 0. The molecule has 0 amide bonds. The van der Waals surface area contributed by atoms with Crippen LogP contribution in [0.1, 0.15) is 19.2 Å². The Hall–Kier alpha value is -1.75.